The van der Waals surface area contributed by atoms with Gasteiger partial charge in [-0.25, -0.2) is 4.79 Å². The highest BCUT2D eigenvalue weighted by atomic mass is 35.5. The summed E-state index contributed by atoms with van der Waals surface area (Å²) in [6.07, 6.45) is 0. The largest absolute Gasteiger partial charge is 0.482 e. The van der Waals surface area contributed by atoms with Gasteiger partial charge in [-0.15, -0.1) is 0 Å². The molecule has 4 rings (SSSR count). The van der Waals surface area contributed by atoms with Gasteiger partial charge in [0.25, 0.3) is 0 Å². The number of fused-ring (bicyclic) bond motifs is 1. The van der Waals surface area contributed by atoms with Gasteiger partial charge in [0.05, 0.1) is 5.39 Å². The van der Waals surface area contributed by atoms with Gasteiger partial charge in [-0.3, -0.25) is 4.79 Å². The van der Waals surface area contributed by atoms with E-state index in [-0.39, 0.29) is 18.1 Å². The quantitative estimate of drug-likeness (QED) is 0.431. The second kappa shape index (κ2) is 8.20. The standard InChI is InChI=1S/C23H15ClO5/c24-16-10-12-17(13-11-16)27-14-20(25)29-23-21(26)18-8-4-5-9-19(18)28-22(23)15-6-2-1-3-7-15/h1-13H,14H2. The van der Waals surface area contributed by atoms with Gasteiger partial charge < -0.3 is 13.9 Å². The van der Waals surface area contributed by atoms with Crippen LogP contribution in [0.3, 0.4) is 0 Å². The van der Waals surface area contributed by atoms with Crippen LogP contribution in [0, 0.1) is 0 Å². The normalized spacial score (nSPS) is 10.7. The van der Waals surface area contributed by atoms with E-state index in [9.17, 15) is 9.59 Å². The molecule has 0 unspecified atom stereocenters. The number of ether oxygens (including phenoxy) is 2. The molecule has 0 bridgehead atoms. The number of rotatable bonds is 5. The fourth-order valence-corrected chi connectivity index (χ4v) is 2.94. The van der Waals surface area contributed by atoms with Gasteiger partial charge in [0, 0.05) is 10.6 Å². The zero-order chi connectivity index (χ0) is 20.2. The van der Waals surface area contributed by atoms with Gasteiger partial charge in [-0.1, -0.05) is 54.1 Å². The predicted octanol–water partition coefficient (Wildman–Crippen LogP) is 5.10. The van der Waals surface area contributed by atoms with Gasteiger partial charge in [-0.2, -0.15) is 0 Å². The zero-order valence-electron chi connectivity index (χ0n) is 15.1. The van der Waals surface area contributed by atoms with Crippen molar-refractivity contribution in [2.75, 3.05) is 6.61 Å². The van der Waals surface area contributed by atoms with Crippen LogP contribution >= 0.6 is 11.6 Å². The average molecular weight is 407 g/mol. The van der Waals surface area contributed by atoms with Crippen LogP contribution in [-0.4, -0.2) is 12.6 Å². The van der Waals surface area contributed by atoms with Crippen molar-refractivity contribution in [2.24, 2.45) is 0 Å². The van der Waals surface area contributed by atoms with E-state index in [1.165, 1.54) is 0 Å². The van der Waals surface area contributed by atoms with E-state index < -0.39 is 11.4 Å². The van der Waals surface area contributed by atoms with E-state index in [0.29, 0.717) is 27.3 Å². The van der Waals surface area contributed by atoms with Crippen molar-refractivity contribution in [3.8, 4) is 22.8 Å². The summed E-state index contributed by atoms with van der Waals surface area (Å²) >= 11 is 5.83. The molecule has 0 N–H and O–H groups in total. The molecule has 0 amide bonds. The van der Waals surface area contributed by atoms with Crippen LogP contribution in [0.25, 0.3) is 22.3 Å². The first kappa shape index (κ1) is 18.8. The molecule has 6 heteroatoms. The molecule has 0 aliphatic heterocycles. The first-order valence-electron chi connectivity index (χ1n) is 8.82. The highest BCUT2D eigenvalue weighted by Gasteiger charge is 2.20. The van der Waals surface area contributed by atoms with Crippen molar-refractivity contribution >= 4 is 28.5 Å². The highest BCUT2D eigenvalue weighted by Crippen LogP contribution is 2.30. The van der Waals surface area contributed by atoms with Crippen LogP contribution in [0.4, 0.5) is 0 Å². The molecular weight excluding hydrogens is 392 g/mol. The van der Waals surface area contributed by atoms with Crippen molar-refractivity contribution in [1.82, 2.24) is 0 Å². The maximum absolute atomic E-state index is 13.0. The molecule has 1 aromatic heterocycles. The Hall–Kier alpha value is -3.57. The minimum atomic E-state index is -0.722. The second-order valence-corrected chi connectivity index (χ2v) is 6.60. The predicted molar refractivity (Wildman–Crippen MR) is 111 cm³/mol. The van der Waals surface area contributed by atoms with Crippen LogP contribution in [0.5, 0.6) is 11.5 Å². The maximum Gasteiger partial charge on any atom is 0.349 e. The molecule has 0 atom stereocenters. The molecule has 144 valence electrons. The summed E-state index contributed by atoms with van der Waals surface area (Å²) in [5.74, 6) is -0.242. The summed E-state index contributed by atoms with van der Waals surface area (Å²) in [6.45, 7) is -0.373. The Balaban J connectivity index is 1.66. The van der Waals surface area contributed by atoms with Crippen molar-refractivity contribution < 1.29 is 18.7 Å². The Bertz CT molecular complexity index is 1210. The Morgan fingerprint density at radius 1 is 0.897 bits per heavy atom. The minimum absolute atomic E-state index is 0.167. The maximum atomic E-state index is 13.0. The number of halogens is 1. The third-order valence-electron chi connectivity index (χ3n) is 4.18. The van der Waals surface area contributed by atoms with Gasteiger partial charge in [-0.05, 0) is 36.4 Å². The number of esters is 1. The summed E-state index contributed by atoms with van der Waals surface area (Å²) in [5, 5.41) is 0.884. The van der Waals surface area contributed by atoms with Crippen LogP contribution in [0.1, 0.15) is 0 Å². The lowest BCUT2D eigenvalue weighted by Gasteiger charge is -2.11. The smallest absolute Gasteiger partial charge is 0.349 e. The fourth-order valence-electron chi connectivity index (χ4n) is 2.81. The molecule has 0 saturated heterocycles. The molecule has 0 saturated carbocycles. The average Bonchev–Trinajstić information content (AvgIpc) is 2.76. The lowest BCUT2D eigenvalue weighted by Crippen LogP contribution is -2.21. The van der Waals surface area contributed by atoms with Crippen LogP contribution < -0.4 is 14.9 Å². The molecular formula is C23H15ClO5. The summed E-state index contributed by atoms with van der Waals surface area (Å²) in [4.78, 5) is 25.3. The third-order valence-corrected chi connectivity index (χ3v) is 4.43. The van der Waals surface area contributed by atoms with E-state index in [4.69, 9.17) is 25.5 Å². The lowest BCUT2D eigenvalue weighted by atomic mass is 10.1. The van der Waals surface area contributed by atoms with E-state index in [2.05, 4.69) is 0 Å². The van der Waals surface area contributed by atoms with Crippen LogP contribution in [0.2, 0.25) is 5.02 Å². The summed E-state index contributed by atoms with van der Waals surface area (Å²) in [7, 11) is 0. The summed E-state index contributed by atoms with van der Waals surface area (Å²) < 4.78 is 16.7. The van der Waals surface area contributed by atoms with E-state index in [0.717, 1.165) is 0 Å². The third kappa shape index (κ3) is 4.15. The Kier molecular flexibility index (Phi) is 5.31. The van der Waals surface area contributed by atoms with Gasteiger partial charge >= 0.3 is 5.97 Å². The molecule has 1 heterocycles. The van der Waals surface area contributed by atoms with Crippen molar-refractivity contribution in [2.45, 2.75) is 0 Å². The van der Waals surface area contributed by atoms with Gasteiger partial charge in [0.2, 0.25) is 11.2 Å². The van der Waals surface area contributed by atoms with E-state index >= 15 is 0 Å². The van der Waals surface area contributed by atoms with E-state index in [1.807, 2.05) is 6.07 Å². The molecule has 0 radical (unpaired) electrons. The van der Waals surface area contributed by atoms with Crippen LogP contribution in [-0.2, 0) is 4.79 Å². The number of carbonyl (C=O) groups excluding carboxylic acids is 1. The molecule has 3 aromatic carbocycles. The molecule has 0 fully saturated rings. The Morgan fingerprint density at radius 2 is 1.59 bits per heavy atom. The summed E-state index contributed by atoms with van der Waals surface area (Å²) in [6, 6.07) is 22.4. The molecule has 29 heavy (non-hydrogen) atoms. The number of para-hydroxylation sites is 1. The van der Waals surface area contributed by atoms with Crippen molar-refractivity contribution in [3.63, 3.8) is 0 Å². The molecule has 0 aliphatic rings. The van der Waals surface area contributed by atoms with Crippen molar-refractivity contribution in [1.29, 1.82) is 0 Å². The zero-order valence-corrected chi connectivity index (χ0v) is 15.9. The van der Waals surface area contributed by atoms with Gasteiger partial charge in [0.15, 0.2) is 12.4 Å². The van der Waals surface area contributed by atoms with Crippen LogP contribution in [0.15, 0.2) is 88.1 Å². The molecule has 5 nitrogen and oxygen atoms in total. The number of carbonyl (C=O) groups is 1. The first-order valence-corrected chi connectivity index (χ1v) is 9.20. The van der Waals surface area contributed by atoms with Gasteiger partial charge in [0.1, 0.15) is 11.3 Å². The van der Waals surface area contributed by atoms with E-state index in [1.54, 1.807) is 72.8 Å². The summed E-state index contributed by atoms with van der Waals surface area (Å²) in [5.41, 5.74) is 0.607. The lowest BCUT2D eigenvalue weighted by molar-refractivity contribution is -0.136. The monoisotopic (exact) mass is 406 g/mol. The Labute approximate surface area is 171 Å². The first-order chi connectivity index (χ1) is 14.1. The Morgan fingerprint density at radius 3 is 2.34 bits per heavy atom. The number of hydrogen-bond donors (Lipinski definition) is 0. The molecule has 4 aromatic rings. The topological polar surface area (TPSA) is 65.7 Å². The highest BCUT2D eigenvalue weighted by molar-refractivity contribution is 6.30. The molecule has 0 spiro atoms. The molecule has 0 aliphatic carbocycles. The minimum Gasteiger partial charge on any atom is -0.482 e. The SMILES string of the molecule is O=C(COc1ccc(Cl)cc1)Oc1c(-c2ccccc2)oc2ccccc2c1=O. The number of hydrogen-bond acceptors (Lipinski definition) is 5. The second-order valence-electron chi connectivity index (χ2n) is 6.17. The fraction of sp³-hybridized carbons (Fsp3) is 0.0435. The van der Waals surface area contributed by atoms with Crippen molar-refractivity contribution in [3.05, 3.63) is 94.1 Å². The number of benzene rings is 3.